The van der Waals surface area contributed by atoms with Crippen LogP contribution in [-0.4, -0.2) is 34.7 Å². The van der Waals surface area contributed by atoms with Crippen molar-refractivity contribution in [3.05, 3.63) is 35.9 Å². The lowest BCUT2D eigenvalue weighted by Gasteiger charge is -2.45. The van der Waals surface area contributed by atoms with E-state index in [-0.39, 0.29) is 12.6 Å². The lowest BCUT2D eigenvalue weighted by molar-refractivity contribution is -0.152. The van der Waals surface area contributed by atoms with E-state index in [2.05, 4.69) is 5.32 Å². The van der Waals surface area contributed by atoms with Gasteiger partial charge in [0.2, 0.25) is 0 Å². The Hall–Kier alpha value is -1.69. The molecule has 0 aromatic heterocycles. The smallest absolute Gasteiger partial charge is 0.408 e. The highest BCUT2D eigenvalue weighted by Gasteiger charge is 2.50. The standard InChI is InChI=1S/C19H25NO4S/c1-2-23-17(21)19(11-15-9-6-10-16(12-19)25-15)20-18(22)24-13-14-7-4-3-5-8-14/h3-5,7-8,15-16H,2,6,9-13H2,1H3,(H,20,22). The van der Waals surface area contributed by atoms with Gasteiger partial charge in [-0.25, -0.2) is 9.59 Å². The average molecular weight is 363 g/mol. The summed E-state index contributed by atoms with van der Waals surface area (Å²) in [6.07, 6.45) is 4.05. The van der Waals surface area contributed by atoms with Gasteiger partial charge in [0.05, 0.1) is 6.61 Å². The van der Waals surface area contributed by atoms with Crippen molar-refractivity contribution >= 4 is 23.8 Å². The molecular weight excluding hydrogens is 338 g/mol. The van der Waals surface area contributed by atoms with Crippen LogP contribution < -0.4 is 5.32 Å². The van der Waals surface area contributed by atoms with Gasteiger partial charge >= 0.3 is 12.1 Å². The number of esters is 1. The molecule has 1 aromatic rings. The summed E-state index contributed by atoms with van der Waals surface area (Å²) in [5.41, 5.74) is -0.0379. The van der Waals surface area contributed by atoms with Crippen molar-refractivity contribution in [2.24, 2.45) is 0 Å². The molecule has 3 rings (SSSR count). The quantitative estimate of drug-likeness (QED) is 0.809. The van der Waals surface area contributed by atoms with Crippen LogP contribution in [0.15, 0.2) is 30.3 Å². The van der Waals surface area contributed by atoms with Gasteiger partial charge in [0.15, 0.2) is 0 Å². The van der Waals surface area contributed by atoms with Crippen LogP contribution in [0.1, 0.15) is 44.6 Å². The number of carbonyl (C=O) groups excluding carboxylic acids is 2. The highest BCUT2D eigenvalue weighted by atomic mass is 32.2. The lowest BCUT2D eigenvalue weighted by Crippen LogP contribution is -2.60. The van der Waals surface area contributed by atoms with Crippen molar-refractivity contribution in [2.75, 3.05) is 6.61 Å². The summed E-state index contributed by atoms with van der Waals surface area (Å²) < 4.78 is 10.6. The number of hydrogen-bond donors (Lipinski definition) is 1. The maximum atomic E-state index is 12.7. The van der Waals surface area contributed by atoms with E-state index in [4.69, 9.17) is 9.47 Å². The number of carbonyl (C=O) groups is 2. The predicted molar refractivity (Wildman–Crippen MR) is 97.4 cm³/mol. The minimum Gasteiger partial charge on any atom is -0.464 e. The Labute approximate surface area is 152 Å². The summed E-state index contributed by atoms with van der Waals surface area (Å²) in [6, 6.07) is 9.51. The van der Waals surface area contributed by atoms with E-state index < -0.39 is 11.6 Å². The third-order valence-corrected chi connectivity index (χ3v) is 6.38. The van der Waals surface area contributed by atoms with Gasteiger partial charge in [0, 0.05) is 10.5 Å². The number of benzene rings is 1. The number of alkyl carbamates (subject to hydrolysis) is 1. The number of hydrogen-bond acceptors (Lipinski definition) is 5. The fourth-order valence-corrected chi connectivity index (χ4v) is 5.60. The molecule has 2 bridgehead atoms. The van der Waals surface area contributed by atoms with Crippen molar-refractivity contribution in [3.63, 3.8) is 0 Å². The van der Waals surface area contributed by atoms with E-state index in [9.17, 15) is 9.59 Å². The molecule has 0 aliphatic carbocycles. The molecule has 2 heterocycles. The van der Waals surface area contributed by atoms with Crippen LogP contribution in [0.5, 0.6) is 0 Å². The first-order chi connectivity index (χ1) is 12.1. The Morgan fingerprint density at radius 1 is 1.16 bits per heavy atom. The molecule has 0 saturated carbocycles. The zero-order chi connectivity index (χ0) is 17.7. The number of fused-ring (bicyclic) bond motifs is 2. The van der Waals surface area contributed by atoms with Gasteiger partial charge in [0.25, 0.3) is 0 Å². The Bertz CT molecular complexity index is 595. The Morgan fingerprint density at radius 2 is 1.84 bits per heavy atom. The minimum atomic E-state index is -0.954. The summed E-state index contributed by atoms with van der Waals surface area (Å²) >= 11 is 1.95. The topological polar surface area (TPSA) is 64.6 Å². The van der Waals surface area contributed by atoms with Gasteiger partial charge in [0.1, 0.15) is 12.1 Å². The van der Waals surface area contributed by atoms with E-state index in [0.717, 1.165) is 18.4 Å². The monoisotopic (exact) mass is 363 g/mol. The van der Waals surface area contributed by atoms with Crippen LogP contribution >= 0.6 is 11.8 Å². The molecule has 2 atom stereocenters. The minimum absolute atomic E-state index is 0.188. The fourth-order valence-electron chi connectivity index (χ4n) is 3.69. The number of amides is 1. The van der Waals surface area contributed by atoms with E-state index in [1.807, 2.05) is 42.1 Å². The molecule has 0 spiro atoms. The third kappa shape index (κ3) is 4.48. The number of nitrogens with one attached hydrogen (secondary N) is 1. The first-order valence-corrected chi connectivity index (χ1v) is 9.87. The molecule has 1 amide bonds. The van der Waals surface area contributed by atoms with Gasteiger partial charge in [-0.3, -0.25) is 0 Å². The molecule has 25 heavy (non-hydrogen) atoms. The maximum absolute atomic E-state index is 12.7. The van der Waals surface area contributed by atoms with Crippen molar-refractivity contribution < 1.29 is 19.1 Å². The molecule has 2 aliphatic rings. The van der Waals surface area contributed by atoms with E-state index >= 15 is 0 Å². The van der Waals surface area contributed by atoms with Crippen LogP contribution in [0.25, 0.3) is 0 Å². The molecule has 5 nitrogen and oxygen atoms in total. The normalized spacial score (nSPS) is 28.0. The van der Waals surface area contributed by atoms with Crippen LogP contribution in [-0.2, 0) is 20.9 Å². The summed E-state index contributed by atoms with van der Waals surface area (Å²) in [4.78, 5) is 25.0. The summed E-state index contributed by atoms with van der Waals surface area (Å²) in [7, 11) is 0. The van der Waals surface area contributed by atoms with Crippen molar-refractivity contribution in [3.8, 4) is 0 Å². The predicted octanol–water partition coefficient (Wildman–Crippen LogP) is 3.66. The highest BCUT2D eigenvalue weighted by Crippen LogP contribution is 2.46. The summed E-state index contributed by atoms with van der Waals surface area (Å²) in [6.45, 7) is 2.29. The molecule has 6 heteroatoms. The largest absolute Gasteiger partial charge is 0.464 e. The second-order valence-electron chi connectivity index (χ2n) is 6.71. The average Bonchev–Trinajstić information content (AvgIpc) is 2.61. The van der Waals surface area contributed by atoms with E-state index in [0.29, 0.717) is 29.9 Å². The van der Waals surface area contributed by atoms with Crippen molar-refractivity contribution in [1.29, 1.82) is 0 Å². The van der Waals surface area contributed by atoms with Crippen LogP contribution in [0.4, 0.5) is 4.79 Å². The second kappa shape index (κ2) is 8.13. The van der Waals surface area contributed by atoms with Gasteiger partial charge in [-0.1, -0.05) is 36.8 Å². The zero-order valence-electron chi connectivity index (χ0n) is 14.5. The SMILES string of the molecule is CCOC(=O)C1(NC(=O)OCc2ccccc2)CC2CCCC(C1)S2. The number of rotatable bonds is 5. The molecule has 1 aromatic carbocycles. The molecular formula is C19H25NO4S. The summed E-state index contributed by atoms with van der Waals surface area (Å²) in [5, 5.41) is 3.66. The van der Waals surface area contributed by atoms with Crippen molar-refractivity contribution in [1.82, 2.24) is 5.32 Å². The van der Waals surface area contributed by atoms with Crippen molar-refractivity contribution in [2.45, 2.75) is 61.7 Å². The van der Waals surface area contributed by atoms with Gasteiger partial charge in [-0.05, 0) is 38.2 Å². The number of thioether (sulfide) groups is 1. The molecule has 2 unspecified atom stereocenters. The van der Waals surface area contributed by atoms with Crippen LogP contribution in [0, 0.1) is 0 Å². The molecule has 0 radical (unpaired) electrons. The van der Waals surface area contributed by atoms with Crippen LogP contribution in [0.3, 0.4) is 0 Å². The first-order valence-electron chi connectivity index (χ1n) is 8.93. The Kier molecular flexibility index (Phi) is 5.89. The number of ether oxygens (including phenoxy) is 2. The van der Waals surface area contributed by atoms with E-state index in [1.165, 1.54) is 6.42 Å². The third-order valence-electron chi connectivity index (χ3n) is 4.81. The molecule has 136 valence electrons. The van der Waals surface area contributed by atoms with Gasteiger partial charge < -0.3 is 14.8 Å². The highest BCUT2D eigenvalue weighted by molar-refractivity contribution is 8.00. The second-order valence-corrected chi connectivity index (χ2v) is 8.31. The Balaban J connectivity index is 1.67. The lowest BCUT2D eigenvalue weighted by atomic mass is 9.82. The maximum Gasteiger partial charge on any atom is 0.408 e. The first kappa shape index (κ1) is 18.1. The van der Waals surface area contributed by atoms with E-state index in [1.54, 1.807) is 6.92 Å². The fraction of sp³-hybridized carbons (Fsp3) is 0.579. The van der Waals surface area contributed by atoms with Gasteiger partial charge in [-0.15, -0.1) is 0 Å². The molecule has 2 aliphatic heterocycles. The molecule has 2 saturated heterocycles. The Morgan fingerprint density at radius 3 is 2.48 bits per heavy atom. The van der Waals surface area contributed by atoms with Crippen LogP contribution in [0.2, 0.25) is 0 Å². The summed E-state index contributed by atoms with van der Waals surface area (Å²) in [5.74, 6) is -0.330. The molecule has 2 fully saturated rings. The van der Waals surface area contributed by atoms with Gasteiger partial charge in [-0.2, -0.15) is 11.8 Å². The molecule has 1 N–H and O–H groups in total. The zero-order valence-corrected chi connectivity index (χ0v) is 15.3.